The van der Waals surface area contributed by atoms with Crippen molar-refractivity contribution in [3.8, 4) is 5.75 Å². The predicted molar refractivity (Wildman–Crippen MR) is 217 cm³/mol. The molecule has 1 N–H and O–H groups in total. The molecule has 1 aromatic carbocycles. The largest absolute Gasteiger partial charge is 0.497 e. The zero-order valence-corrected chi connectivity index (χ0v) is 38.3. The van der Waals surface area contributed by atoms with Crippen LogP contribution >= 0.6 is 0 Å². The van der Waals surface area contributed by atoms with Crippen LogP contribution in [0.15, 0.2) is 36.9 Å². The van der Waals surface area contributed by atoms with Crippen molar-refractivity contribution in [1.29, 1.82) is 0 Å². The molecule has 1 aliphatic rings. The highest BCUT2D eigenvalue weighted by molar-refractivity contribution is 6.75. The van der Waals surface area contributed by atoms with Gasteiger partial charge in [-0.1, -0.05) is 87.4 Å². The lowest BCUT2D eigenvalue weighted by Crippen LogP contribution is -2.56. The van der Waals surface area contributed by atoms with E-state index in [2.05, 4.69) is 122 Å². The molecule has 1 aliphatic heterocycles. The Labute approximate surface area is 310 Å². The Bertz CT molecular complexity index is 1210. The molecular weight excluding hydrogens is 677 g/mol. The van der Waals surface area contributed by atoms with Gasteiger partial charge in [0.15, 0.2) is 25.0 Å². The van der Waals surface area contributed by atoms with Gasteiger partial charge in [0.05, 0.1) is 38.6 Å². The van der Waals surface area contributed by atoms with Crippen molar-refractivity contribution in [2.75, 3.05) is 26.9 Å². The average Bonchev–Trinajstić information content (AvgIpc) is 3.67. The SMILES string of the molecule is C=C[C@H](CO[Si](C)(C)C(C)(C)C)[C@H](O)[C@H](CO[Si](C)(C)C(C)(C)C)[C@H](O[Si](C)(C)C(C)(C)C)C1(C)O[C@@H]1[C@@H](C)COCc1ccc(OC)cc1. The van der Waals surface area contributed by atoms with E-state index in [0.717, 1.165) is 11.3 Å². The van der Waals surface area contributed by atoms with Crippen molar-refractivity contribution in [1.82, 2.24) is 0 Å². The normalized spacial score (nSPS) is 22.4. The Morgan fingerprint density at radius 2 is 1.30 bits per heavy atom. The molecule has 2 rings (SSSR count). The maximum Gasteiger partial charge on any atom is 0.192 e. The minimum Gasteiger partial charge on any atom is -0.497 e. The fourth-order valence-corrected chi connectivity index (χ4v) is 8.96. The lowest BCUT2D eigenvalue weighted by molar-refractivity contribution is -0.0590. The molecule has 7 nitrogen and oxygen atoms in total. The van der Waals surface area contributed by atoms with Crippen molar-refractivity contribution < 1.29 is 32.6 Å². The highest BCUT2D eigenvalue weighted by Crippen LogP contribution is 2.51. The van der Waals surface area contributed by atoms with Crippen molar-refractivity contribution in [2.24, 2.45) is 17.8 Å². The smallest absolute Gasteiger partial charge is 0.192 e. The van der Waals surface area contributed by atoms with Gasteiger partial charge < -0.3 is 32.6 Å². The summed E-state index contributed by atoms with van der Waals surface area (Å²) in [6.45, 7) is 44.2. The summed E-state index contributed by atoms with van der Waals surface area (Å²) in [7, 11) is -4.93. The second-order valence-corrected chi connectivity index (χ2v) is 33.9. The molecule has 1 fully saturated rings. The highest BCUT2D eigenvalue weighted by Gasteiger charge is 2.64. The first-order chi connectivity index (χ1) is 22.5. The van der Waals surface area contributed by atoms with Gasteiger partial charge in [-0.25, -0.2) is 0 Å². The number of epoxide rings is 1. The molecule has 0 amide bonds. The zero-order valence-electron chi connectivity index (χ0n) is 35.3. The summed E-state index contributed by atoms with van der Waals surface area (Å²) in [6, 6.07) is 7.97. The monoisotopic (exact) mass is 752 g/mol. The predicted octanol–water partition coefficient (Wildman–Crippen LogP) is 10.2. The number of methoxy groups -OCH3 is 1. The van der Waals surface area contributed by atoms with Crippen molar-refractivity contribution in [3.63, 3.8) is 0 Å². The van der Waals surface area contributed by atoms with E-state index in [1.165, 1.54) is 0 Å². The number of hydrogen-bond acceptors (Lipinski definition) is 7. The topological polar surface area (TPSA) is 78.9 Å². The van der Waals surface area contributed by atoms with Crippen LogP contribution in [0.25, 0.3) is 0 Å². The summed E-state index contributed by atoms with van der Waals surface area (Å²) >= 11 is 0. The molecule has 7 atom stereocenters. The molecule has 1 aromatic rings. The lowest BCUT2D eigenvalue weighted by atomic mass is 9.80. The second-order valence-electron chi connectivity index (χ2n) is 19.6. The number of ether oxygens (including phenoxy) is 3. The highest BCUT2D eigenvalue weighted by atomic mass is 28.4. The summed E-state index contributed by atoms with van der Waals surface area (Å²) < 4.78 is 39.3. The zero-order chi connectivity index (χ0) is 38.7. The average molecular weight is 753 g/mol. The molecule has 0 spiro atoms. The van der Waals surface area contributed by atoms with E-state index in [4.69, 9.17) is 27.5 Å². The first-order valence-electron chi connectivity index (χ1n) is 18.7. The Kier molecular flexibility index (Phi) is 15.1. The number of aliphatic hydroxyl groups is 1. The number of rotatable bonds is 19. The molecule has 0 bridgehead atoms. The third-order valence-corrected chi connectivity index (χ3v) is 25.9. The second kappa shape index (κ2) is 16.7. The van der Waals surface area contributed by atoms with Crippen LogP contribution in [0.3, 0.4) is 0 Å². The van der Waals surface area contributed by atoms with E-state index < -0.39 is 42.8 Å². The van der Waals surface area contributed by atoms with Crippen molar-refractivity contribution in [2.45, 2.75) is 161 Å². The third kappa shape index (κ3) is 11.3. The van der Waals surface area contributed by atoms with Crippen molar-refractivity contribution in [3.05, 3.63) is 42.5 Å². The number of benzene rings is 1. The van der Waals surface area contributed by atoms with Gasteiger partial charge in [-0.15, -0.1) is 6.58 Å². The molecule has 0 saturated carbocycles. The Morgan fingerprint density at radius 1 is 0.820 bits per heavy atom. The van der Waals surface area contributed by atoms with E-state index >= 15 is 0 Å². The fourth-order valence-electron chi connectivity index (χ4n) is 5.48. The van der Waals surface area contributed by atoms with E-state index in [1.807, 2.05) is 30.3 Å². The molecule has 0 aromatic heterocycles. The summed E-state index contributed by atoms with van der Waals surface area (Å²) in [4.78, 5) is 0. The van der Waals surface area contributed by atoms with E-state index in [0.29, 0.717) is 26.4 Å². The van der Waals surface area contributed by atoms with Crippen molar-refractivity contribution >= 4 is 25.0 Å². The van der Waals surface area contributed by atoms with E-state index in [-0.39, 0.29) is 39.0 Å². The minimum absolute atomic E-state index is 0.0137. The first kappa shape index (κ1) is 45.3. The van der Waals surface area contributed by atoms with Gasteiger partial charge in [0.25, 0.3) is 0 Å². The summed E-state index contributed by atoms with van der Waals surface area (Å²) in [6.07, 6.45) is 0.554. The molecule has 1 saturated heterocycles. The van der Waals surface area contributed by atoms with Crippen LogP contribution in [-0.4, -0.2) is 80.9 Å². The van der Waals surface area contributed by atoms with Gasteiger partial charge in [-0.2, -0.15) is 0 Å². The van der Waals surface area contributed by atoms with Crippen LogP contribution in [-0.2, 0) is 29.4 Å². The Balaban J connectivity index is 2.49. The first-order valence-corrected chi connectivity index (χ1v) is 27.4. The van der Waals surface area contributed by atoms with Gasteiger partial charge in [-0.05, 0) is 79.0 Å². The summed E-state index contributed by atoms with van der Waals surface area (Å²) in [5.74, 6) is 0.275. The van der Waals surface area contributed by atoms with Gasteiger partial charge in [-0.3, -0.25) is 0 Å². The molecule has 0 aliphatic carbocycles. The van der Waals surface area contributed by atoms with Crippen LogP contribution in [0.4, 0.5) is 0 Å². The van der Waals surface area contributed by atoms with E-state index in [1.54, 1.807) is 7.11 Å². The third-order valence-electron chi connectivity index (χ3n) is 12.5. The van der Waals surface area contributed by atoms with Crippen LogP contribution < -0.4 is 4.74 Å². The van der Waals surface area contributed by atoms with Crippen LogP contribution in [0.5, 0.6) is 5.75 Å². The van der Waals surface area contributed by atoms with Gasteiger partial charge in [0, 0.05) is 31.0 Å². The molecular formula is C40H76O7Si3. The van der Waals surface area contributed by atoms with Crippen LogP contribution in [0.2, 0.25) is 54.4 Å². The molecule has 50 heavy (non-hydrogen) atoms. The van der Waals surface area contributed by atoms with Gasteiger partial charge in [0.1, 0.15) is 11.4 Å². The summed E-state index contributed by atoms with van der Waals surface area (Å²) in [5, 5.41) is 12.5. The quantitative estimate of drug-likeness (QED) is 0.0856. The lowest BCUT2D eigenvalue weighted by Gasteiger charge is -2.46. The number of aliphatic hydroxyl groups excluding tert-OH is 1. The van der Waals surface area contributed by atoms with Gasteiger partial charge >= 0.3 is 0 Å². The molecule has 1 unspecified atom stereocenters. The van der Waals surface area contributed by atoms with E-state index in [9.17, 15) is 5.11 Å². The Hall–Kier alpha value is -0.829. The summed E-state index contributed by atoms with van der Waals surface area (Å²) in [5.41, 5.74) is 0.463. The Morgan fingerprint density at radius 3 is 1.74 bits per heavy atom. The van der Waals surface area contributed by atoms with Crippen LogP contribution in [0, 0.1) is 17.8 Å². The molecule has 0 radical (unpaired) electrons. The standard InChI is InChI=1S/C40H76O7Si3/c1-20-31(27-44-48(14,15)37(3,4)5)34(41)33(28-45-49(16,17)38(6,7)8)36(47-50(18,19)39(9,10)11)40(12)35(46-40)29(2)25-43-26-30-21-23-32(42-13)24-22-30/h20-24,29,31,33-36,41H,1,25-28H2,2-19H3/t29-,31+,33-,34-,35+,36-,40?/m0/s1. The van der Waals surface area contributed by atoms with Crippen LogP contribution in [0.1, 0.15) is 81.7 Å². The molecule has 10 heteroatoms. The number of hydrogen-bond donors (Lipinski definition) is 1. The maximum atomic E-state index is 12.5. The maximum absolute atomic E-state index is 12.5. The van der Waals surface area contributed by atoms with Gasteiger partial charge in [0.2, 0.25) is 0 Å². The fraction of sp³-hybridized carbons (Fsp3) is 0.800. The molecule has 1 heterocycles. The minimum atomic E-state index is -2.35. The molecule has 290 valence electrons.